The van der Waals surface area contributed by atoms with Crippen molar-refractivity contribution in [3.63, 3.8) is 0 Å². The zero-order valence-corrected chi connectivity index (χ0v) is 15.3. The minimum absolute atomic E-state index is 0.146. The Kier molecular flexibility index (Phi) is 4.50. The molecular weight excluding hydrogens is 324 g/mol. The quantitative estimate of drug-likeness (QED) is 0.384. The number of thioether (sulfide) groups is 1. The van der Waals surface area contributed by atoms with Gasteiger partial charge in [-0.1, -0.05) is 29.5 Å². The van der Waals surface area contributed by atoms with Crippen LogP contribution in [0.1, 0.15) is 31.9 Å². The van der Waals surface area contributed by atoms with E-state index in [1.165, 1.54) is 22.2 Å². The molecule has 5 heteroatoms. The Morgan fingerprint density at radius 1 is 1.17 bits per heavy atom. The van der Waals surface area contributed by atoms with E-state index < -0.39 is 0 Å². The molecule has 2 aromatic heterocycles. The van der Waals surface area contributed by atoms with Gasteiger partial charge in [-0.05, 0) is 44.9 Å². The lowest BCUT2D eigenvalue weighted by Gasteiger charge is -2.07. The van der Waals surface area contributed by atoms with Crippen LogP contribution in [0.4, 0.5) is 0 Å². The van der Waals surface area contributed by atoms with Gasteiger partial charge in [0.05, 0.1) is 5.75 Å². The third-order valence-electron chi connectivity index (χ3n) is 3.96. The molecule has 0 N–H and O–H groups in total. The molecule has 0 spiro atoms. The molecule has 118 valence electrons. The minimum atomic E-state index is 0.146. The van der Waals surface area contributed by atoms with E-state index in [-0.39, 0.29) is 5.78 Å². The molecular formula is C18H18N2OS2. The van der Waals surface area contributed by atoms with Gasteiger partial charge in [-0.2, -0.15) is 0 Å². The fourth-order valence-electron chi connectivity index (χ4n) is 2.51. The molecule has 0 radical (unpaired) electrons. The van der Waals surface area contributed by atoms with Crippen LogP contribution in [0.5, 0.6) is 0 Å². The fourth-order valence-corrected chi connectivity index (χ4v) is 4.51. The van der Waals surface area contributed by atoms with Crippen molar-refractivity contribution in [2.75, 3.05) is 5.75 Å². The van der Waals surface area contributed by atoms with Crippen LogP contribution in [-0.2, 0) is 0 Å². The van der Waals surface area contributed by atoms with E-state index in [1.807, 2.05) is 32.0 Å². The number of rotatable bonds is 4. The molecule has 0 saturated carbocycles. The first-order valence-corrected chi connectivity index (χ1v) is 9.21. The molecule has 0 unspecified atom stereocenters. The van der Waals surface area contributed by atoms with Crippen molar-refractivity contribution in [1.82, 2.24) is 9.97 Å². The normalized spacial score (nSPS) is 11.1. The summed E-state index contributed by atoms with van der Waals surface area (Å²) in [4.78, 5) is 23.5. The third-order valence-corrected chi connectivity index (χ3v) is 6.07. The molecule has 0 amide bonds. The van der Waals surface area contributed by atoms with Gasteiger partial charge in [0.25, 0.3) is 0 Å². The van der Waals surface area contributed by atoms with E-state index in [4.69, 9.17) is 0 Å². The standard InChI is InChI=1S/C18H18N2OS2/c1-10-5-6-11(2)14(7-10)15(21)8-22-17-16-12(3)13(4)23-18(16)20-9-19-17/h5-7,9H,8H2,1-4H3. The molecule has 23 heavy (non-hydrogen) atoms. The molecule has 0 bridgehead atoms. The summed E-state index contributed by atoms with van der Waals surface area (Å²) in [5.74, 6) is 0.539. The van der Waals surface area contributed by atoms with Crippen molar-refractivity contribution in [3.05, 3.63) is 51.7 Å². The Labute approximate surface area is 144 Å². The van der Waals surface area contributed by atoms with Gasteiger partial charge >= 0.3 is 0 Å². The van der Waals surface area contributed by atoms with Crippen LogP contribution < -0.4 is 0 Å². The van der Waals surface area contributed by atoms with Gasteiger partial charge in [-0.15, -0.1) is 11.3 Å². The molecule has 0 aliphatic heterocycles. The minimum Gasteiger partial charge on any atom is -0.293 e. The molecule has 3 aromatic rings. The maximum Gasteiger partial charge on any atom is 0.173 e. The number of ketones is 1. The summed E-state index contributed by atoms with van der Waals surface area (Å²) in [6.07, 6.45) is 1.59. The maximum absolute atomic E-state index is 12.6. The van der Waals surface area contributed by atoms with E-state index in [1.54, 1.807) is 17.7 Å². The smallest absolute Gasteiger partial charge is 0.173 e. The van der Waals surface area contributed by atoms with Gasteiger partial charge in [-0.3, -0.25) is 4.79 Å². The van der Waals surface area contributed by atoms with Crippen molar-refractivity contribution in [3.8, 4) is 0 Å². The predicted octanol–water partition coefficient (Wildman–Crippen LogP) is 4.90. The third kappa shape index (κ3) is 3.16. The number of aromatic nitrogens is 2. The molecule has 3 nitrogen and oxygen atoms in total. The van der Waals surface area contributed by atoms with Crippen molar-refractivity contribution in [1.29, 1.82) is 0 Å². The molecule has 0 atom stereocenters. The topological polar surface area (TPSA) is 42.9 Å². The van der Waals surface area contributed by atoms with Crippen molar-refractivity contribution < 1.29 is 4.79 Å². The first-order chi connectivity index (χ1) is 11.0. The second-order valence-corrected chi connectivity index (χ2v) is 7.84. The number of thiophene rings is 1. The van der Waals surface area contributed by atoms with Crippen LogP contribution in [0.3, 0.4) is 0 Å². The number of hydrogen-bond acceptors (Lipinski definition) is 5. The number of aryl methyl sites for hydroxylation is 4. The zero-order chi connectivity index (χ0) is 16.6. The fraction of sp³-hybridized carbons (Fsp3) is 0.278. The van der Waals surface area contributed by atoms with Crippen LogP contribution in [-0.4, -0.2) is 21.5 Å². The highest BCUT2D eigenvalue weighted by molar-refractivity contribution is 8.00. The van der Waals surface area contributed by atoms with Crippen molar-refractivity contribution in [2.45, 2.75) is 32.7 Å². The highest BCUT2D eigenvalue weighted by Crippen LogP contribution is 2.34. The largest absolute Gasteiger partial charge is 0.293 e. The zero-order valence-electron chi connectivity index (χ0n) is 13.6. The Morgan fingerprint density at radius 2 is 1.96 bits per heavy atom. The van der Waals surface area contributed by atoms with Gasteiger partial charge in [0.15, 0.2) is 5.78 Å². The summed E-state index contributed by atoms with van der Waals surface area (Å²) in [6.45, 7) is 8.17. The molecule has 0 fully saturated rings. The first-order valence-electron chi connectivity index (χ1n) is 7.41. The summed E-state index contributed by atoms with van der Waals surface area (Å²) < 4.78 is 0. The molecule has 0 aliphatic carbocycles. The van der Waals surface area contributed by atoms with E-state index in [0.29, 0.717) is 5.75 Å². The van der Waals surface area contributed by atoms with Crippen LogP contribution in [0.25, 0.3) is 10.2 Å². The van der Waals surface area contributed by atoms with Crippen LogP contribution >= 0.6 is 23.1 Å². The molecule has 0 saturated heterocycles. The molecule has 3 rings (SSSR count). The lowest BCUT2D eigenvalue weighted by atomic mass is 10.0. The highest BCUT2D eigenvalue weighted by Gasteiger charge is 2.15. The van der Waals surface area contributed by atoms with Gasteiger partial charge in [-0.25, -0.2) is 9.97 Å². The summed E-state index contributed by atoms with van der Waals surface area (Å²) in [7, 11) is 0. The number of hydrogen-bond donors (Lipinski definition) is 0. The second kappa shape index (κ2) is 6.42. The average molecular weight is 342 g/mol. The lowest BCUT2D eigenvalue weighted by molar-refractivity contribution is 0.102. The predicted molar refractivity (Wildman–Crippen MR) is 97.9 cm³/mol. The second-order valence-electron chi connectivity index (χ2n) is 5.67. The van der Waals surface area contributed by atoms with Crippen molar-refractivity contribution in [2.24, 2.45) is 0 Å². The van der Waals surface area contributed by atoms with E-state index >= 15 is 0 Å². The number of carbonyl (C=O) groups is 1. The lowest BCUT2D eigenvalue weighted by Crippen LogP contribution is -2.05. The van der Waals surface area contributed by atoms with E-state index in [2.05, 4.69) is 23.8 Å². The summed E-state index contributed by atoms with van der Waals surface area (Å²) in [5, 5.41) is 1.99. The number of carbonyl (C=O) groups excluding carboxylic acids is 1. The van der Waals surface area contributed by atoms with Crippen LogP contribution in [0.2, 0.25) is 0 Å². The maximum atomic E-state index is 12.6. The Bertz CT molecular complexity index is 899. The number of Topliss-reactive ketones (excluding diaryl/α,β-unsaturated/α-hetero) is 1. The first kappa shape index (κ1) is 16.1. The monoisotopic (exact) mass is 342 g/mol. The SMILES string of the molecule is Cc1ccc(C)c(C(=O)CSc2ncnc3sc(C)c(C)c23)c1. The Balaban J connectivity index is 1.86. The summed E-state index contributed by atoms with van der Waals surface area (Å²) in [6, 6.07) is 6.00. The van der Waals surface area contributed by atoms with Gasteiger partial charge in [0.1, 0.15) is 16.2 Å². The average Bonchev–Trinajstić information content (AvgIpc) is 2.82. The van der Waals surface area contributed by atoms with Gasteiger partial charge in [0.2, 0.25) is 0 Å². The van der Waals surface area contributed by atoms with Gasteiger partial charge in [0, 0.05) is 15.8 Å². The van der Waals surface area contributed by atoms with E-state index in [9.17, 15) is 4.79 Å². The van der Waals surface area contributed by atoms with Gasteiger partial charge < -0.3 is 0 Å². The summed E-state index contributed by atoms with van der Waals surface area (Å²) >= 11 is 3.18. The molecule has 1 aromatic carbocycles. The summed E-state index contributed by atoms with van der Waals surface area (Å²) in [5.41, 5.74) is 4.16. The number of benzene rings is 1. The number of fused-ring (bicyclic) bond motifs is 1. The molecule has 2 heterocycles. The van der Waals surface area contributed by atoms with Crippen molar-refractivity contribution >= 4 is 39.1 Å². The van der Waals surface area contributed by atoms with Crippen LogP contribution in [0, 0.1) is 27.7 Å². The molecule has 0 aliphatic rings. The Hall–Kier alpha value is -1.72. The highest BCUT2D eigenvalue weighted by atomic mass is 32.2. The van der Waals surface area contributed by atoms with E-state index in [0.717, 1.165) is 31.9 Å². The van der Waals surface area contributed by atoms with Crippen LogP contribution in [0.15, 0.2) is 29.6 Å². The number of nitrogens with zero attached hydrogens (tertiary/aromatic N) is 2. The Morgan fingerprint density at radius 3 is 2.74 bits per heavy atom.